The fourth-order valence-electron chi connectivity index (χ4n) is 10.3. The van der Waals surface area contributed by atoms with Crippen molar-refractivity contribution in [1.82, 2.24) is 39.6 Å². The van der Waals surface area contributed by atoms with E-state index in [-0.39, 0.29) is 67.6 Å². The Hall–Kier alpha value is -5.13. The molecule has 1 aromatic carbocycles. The smallest absolute Gasteiger partial charge is 0.350 e. The van der Waals surface area contributed by atoms with E-state index in [4.69, 9.17) is 73.6 Å². The van der Waals surface area contributed by atoms with Gasteiger partial charge in [-0.2, -0.15) is 15.1 Å². The van der Waals surface area contributed by atoms with Crippen LogP contribution in [0.25, 0.3) is 11.0 Å². The van der Waals surface area contributed by atoms with Crippen molar-refractivity contribution in [2.75, 3.05) is 150 Å². The van der Waals surface area contributed by atoms with E-state index in [2.05, 4.69) is 40.2 Å². The van der Waals surface area contributed by atoms with E-state index in [1.807, 2.05) is 4.90 Å². The summed E-state index contributed by atoms with van der Waals surface area (Å²) >= 11 is 6.41. The first kappa shape index (κ1) is 67.8. The van der Waals surface area contributed by atoms with E-state index in [1.165, 1.54) is 10.9 Å². The average molecular weight is 1280 g/mol. The highest BCUT2D eigenvalue weighted by Gasteiger charge is 2.49. The Morgan fingerprint density at radius 3 is 2.10 bits per heavy atom. The van der Waals surface area contributed by atoms with Crippen molar-refractivity contribution in [3.63, 3.8) is 0 Å². The summed E-state index contributed by atoms with van der Waals surface area (Å²) in [5, 5.41) is 38.9. The maximum absolute atomic E-state index is 13.6. The lowest BCUT2D eigenvalue weighted by molar-refractivity contribution is -0.137. The van der Waals surface area contributed by atoms with E-state index < -0.39 is 67.7 Å². The highest BCUT2D eigenvalue weighted by atomic mass is 35.5. The standard InChI is InChI=1S/C53H75ClF3N10O19P/c54-52-59-49(40-28-58-67(50(40)60-52)51-47(71)46(70)43(85-51)31-83-35-87(72,73)74)65-33-53(34-65)5-1-6-64(32-53)44(68)25-36-2-3-38(24-36)62-84-23-22-81-19-18-79-16-17-80-20-21-82-30-39-29-66(63-61-39)7-9-76-11-13-78-15-14-77-12-10-75-8-4-45(69)86-48-41(56)26-37(55)27-42(48)57/h26-29,36,43,46-47,51,70-71H,1-25,30-35H2,(H2,72,73,74)/b62-38+/t36?,43-,46-,47-,51-/m1/s1. The molecule has 3 saturated heterocycles. The number of likely N-dealkylation sites (tertiary alicyclic amines) is 1. The molecule has 1 unspecified atom stereocenters. The van der Waals surface area contributed by atoms with Gasteiger partial charge in [-0.1, -0.05) is 10.4 Å². The van der Waals surface area contributed by atoms with Crippen LogP contribution in [0, 0.1) is 28.8 Å². The summed E-state index contributed by atoms with van der Waals surface area (Å²) in [7, 11) is -4.45. The monoisotopic (exact) mass is 1280 g/mol. The number of piperidine rings is 1. The molecule has 1 saturated carbocycles. The van der Waals surface area contributed by atoms with Gasteiger partial charge in [-0.05, 0) is 49.6 Å². The molecule has 5 atom stereocenters. The Bertz CT molecular complexity index is 2870. The fraction of sp³-hybridized carbons (Fsp3) is 0.698. The molecule has 1 amide bonds. The molecule has 4 aliphatic rings. The number of anilines is 1. The third kappa shape index (κ3) is 21.2. The van der Waals surface area contributed by atoms with Gasteiger partial charge in [0, 0.05) is 50.1 Å². The van der Waals surface area contributed by atoms with Crippen LogP contribution in [0.4, 0.5) is 19.0 Å². The van der Waals surface area contributed by atoms with E-state index in [0.717, 1.165) is 31.4 Å². The molecule has 0 bridgehead atoms. The first-order valence-electron chi connectivity index (χ1n) is 28.6. The van der Waals surface area contributed by atoms with Gasteiger partial charge >= 0.3 is 13.6 Å². The normalized spacial score (nSPS) is 20.8. The molecule has 29 nitrogen and oxygen atoms in total. The van der Waals surface area contributed by atoms with Gasteiger partial charge < -0.3 is 86.7 Å². The van der Waals surface area contributed by atoms with Crippen LogP contribution in [0.2, 0.25) is 5.28 Å². The largest absolute Gasteiger partial charge is 0.420 e. The average Bonchev–Trinajstić information content (AvgIpc) is 2.03. The van der Waals surface area contributed by atoms with Crippen molar-refractivity contribution >= 4 is 53.6 Å². The maximum Gasteiger partial charge on any atom is 0.350 e. The minimum atomic E-state index is -4.45. The molecule has 4 aromatic rings. The number of aliphatic hydroxyl groups is 2. The van der Waals surface area contributed by atoms with Gasteiger partial charge in [-0.15, -0.1) is 5.10 Å². The number of ether oxygens (including phenoxy) is 11. The second kappa shape index (κ2) is 34.2. The number of hydrogen-bond acceptors (Lipinski definition) is 24. The topological polar surface area (TPSA) is 336 Å². The summed E-state index contributed by atoms with van der Waals surface area (Å²) in [6, 6.07) is 0.837. The Morgan fingerprint density at radius 2 is 1.44 bits per heavy atom. The lowest BCUT2D eigenvalue weighted by atomic mass is 9.73. The minimum absolute atomic E-state index is 0.0574. The molecule has 87 heavy (non-hydrogen) atoms. The molecular weight excluding hydrogens is 1200 g/mol. The third-order valence-corrected chi connectivity index (χ3v) is 15.1. The maximum atomic E-state index is 13.6. The lowest BCUT2D eigenvalue weighted by Crippen LogP contribution is -2.64. The van der Waals surface area contributed by atoms with Crippen molar-refractivity contribution in [2.45, 2.75) is 82.6 Å². The predicted octanol–water partition coefficient (Wildman–Crippen LogP) is 2.58. The van der Waals surface area contributed by atoms with E-state index in [1.54, 1.807) is 10.9 Å². The SMILES string of the molecule is O=C(CCOCCOCCOCCOCCn1cc(COCCOCCOCCOCCO/N=C2\CCC(CC(=O)N3CCCC4(C3)CN(c3nc(Cl)nc5c3cnn5[C@@H]3O[C@H](COCP(=O)(O)O)[C@@H](O)[C@H]3O)C4)C2)nn1)Oc1c(F)cc(F)cc1F. The number of esters is 1. The number of halogens is 4. The van der Waals surface area contributed by atoms with Crippen LogP contribution >= 0.6 is 19.2 Å². The zero-order chi connectivity index (χ0) is 61.6. The quantitative estimate of drug-likeness (QED) is 0.0125. The van der Waals surface area contributed by atoms with Crippen molar-refractivity contribution in [1.29, 1.82) is 0 Å². The van der Waals surface area contributed by atoms with Gasteiger partial charge in [0.1, 0.15) is 48.6 Å². The van der Waals surface area contributed by atoms with Crippen LogP contribution in [0.15, 0.2) is 29.7 Å². The molecule has 1 aliphatic carbocycles. The second-order valence-corrected chi connectivity index (χ2v) is 23.1. The van der Waals surface area contributed by atoms with Crippen molar-refractivity contribution in [3.8, 4) is 5.75 Å². The Kier molecular flexibility index (Phi) is 26.6. The molecule has 34 heteroatoms. The molecule has 1 spiro atoms. The van der Waals surface area contributed by atoms with E-state index in [9.17, 15) is 37.5 Å². The van der Waals surface area contributed by atoms with Gasteiger partial charge in [0.25, 0.3) is 0 Å². The summed E-state index contributed by atoms with van der Waals surface area (Å²) in [6.07, 6.45) is 1.61. The Morgan fingerprint density at radius 1 is 0.805 bits per heavy atom. The van der Waals surface area contributed by atoms with Gasteiger partial charge in [0.2, 0.25) is 16.9 Å². The highest BCUT2D eigenvalue weighted by Crippen LogP contribution is 2.44. The van der Waals surface area contributed by atoms with Gasteiger partial charge in [0.15, 0.2) is 23.5 Å². The minimum Gasteiger partial charge on any atom is -0.420 e. The number of amides is 1. The van der Waals surface area contributed by atoms with E-state index in [0.29, 0.717) is 160 Å². The summed E-state index contributed by atoms with van der Waals surface area (Å²) < 4.78 is 114. The third-order valence-electron chi connectivity index (χ3n) is 14.4. The number of carbonyl (C=O) groups excluding carboxylic acids is 2. The zero-order valence-corrected chi connectivity index (χ0v) is 49.6. The number of hydrogen-bond donors (Lipinski definition) is 4. The molecule has 6 heterocycles. The number of rotatable bonds is 39. The summed E-state index contributed by atoms with van der Waals surface area (Å²) in [5.41, 5.74) is 1.75. The number of aromatic nitrogens is 7. The van der Waals surface area contributed by atoms with Gasteiger partial charge in [-0.3, -0.25) is 14.2 Å². The lowest BCUT2D eigenvalue weighted by Gasteiger charge is -2.55. The molecule has 484 valence electrons. The van der Waals surface area contributed by atoms with Crippen LogP contribution in [0.5, 0.6) is 5.75 Å². The van der Waals surface area contributed by atoms with Crippen molar-refractivity contribution < 1.29 is 104 Å². The number of carbonyl (C=O) groups is 2. The first-order chi connectivity index (χ1) is 42.0. The van der Waals surface area contributed by atoms with Crippen LogP contribution in [-0.2, 0) is 79.5 Å². The molecule has 0 radical (unpaired) electrons. The highest BCUT2D eigenvalue weighted by molar-refractivity contribution is 7.51. The van der Waals surface area contributed by atoms with Crippen LogP contribution in [-0.4, -0.2) is 240 Å². The molecule has 4 fully saturated rings. The number of fused-ring (bicyclic) bond motifs is 1. The van der Waals surface area contributed by atoms with Crippen LogP contribution in [0.3, 0.4) is 0 Å². The number of oxime groups is 1. The van der Waals surface area contributed by atoms with Crippen LogP contribution < -0.4 is 9.64 Å². The summed E-state index contributed by atoms with van der Waals surface area (Å²) in [4.78, 5) is 62.1. The van der Waals surface area contributed by atoms with Crippen molar-refractivity contribution in [3.05, 3.63) is 53.0 Å². The van der Waals surface area contributed by atoms with Crippen molar-refractivity contribution in [2.24, 2.45) is 16.5 Å². The summed E-state index contributed by atoms with van der Waals surface area (Å²) in [6.45, 7) is 8.12. The fourth-order valence-corrected chi connectivity index (χ4v) is 10.8. The van der Waals surface area contributed by atoms with E-state index >= 15 is 0 Å². The molecule has 8 rings (SSSR count). The molecule has 3 aromatic heterocycles. The predicted molar refractivity (Wildman–Crippen MR) is 297 cm³/mol. The number of nitrogens with zero attached hydrogens (tertiary/aromatic N) is 10. The zero-order valence-electron chi connectivity index (χ0n) is 48.0. The number of aliphatic hydroxyl groups excluding tert-OH is 2. The molecule has 4 N–H and O–H groups in total. The molecular formula is C53H75ClF3N10O19P. The van der Waals surface area contributed by atoms with Crippen LogP contribution in [0.1, 0.15) is 56.9 Å². The molecule has 3 aliphatic heterocycles. The summed E-state index contributed by atoms with van der Waals surface area (Å²) in [5.74, 6) is -4.78. The Labute approximate surface area is 503 Å². The Balaban J connectivity index is 0.574. The number of benzene rings is 1. The van der Waals surface area contributed by atoms with Gasteiger partial charge in [0.05, 0.1) is 149 Å². The van der Waals surface area contributed by atoms with Gasteiger partial charge in [-0.25, -0.2) is 22.5 Å². The first-order valence-corrected chi connectivity index (χ1v) is 30.8. The second-order valence-electron chi connectivity index (χ2n) is 21.2.